The van der Waals surface area contributed by atoms with Gasteiger partial charge in [-0.15, -0.1) is 12.4 Å². The number of nitrogen functional groups attached to an aromatic ring is 1. The predicted molar refractivity (Wildman–Crippen MR) is 131 cm³/mol. The van der Waals surface area contributed by atoms with Crippen LogP contribution in [0.4, 0.5) is 5.82 Å². The Morgan fingerprint density at radius 2 is 2.03 bits per heavy atom. The van der Waals surface area contributed by atoms with Crippen LogP contribution in [-0.4, -0.2) is 40.0 Å². The average molecular weight is 465 g/mol. The van der Waals surface area contributed by atoms with Gasteiger partial charge in [0, 0.05) is 41.5 Å². The van der Waals surface area contributed by atoms with Crippen molar-refractivity contribution in [1.29, 1.82) is 0 Å². The quantitative estimate of drug-likeness (QED) is 0.343. The number of amides is 1. The first-order valence-corrected chi connectivity index (χ1v) is 10.7. The van der Waals surface area contributed by atoms with E-state index >= 15 is 0 Å². The van der Waals surface area contributed by atoms with Crippen LogP contribution in [0.2, 0.25) is 0 Å². The van der Waals surface area contributed by atoms with Gasteiger partial charge in [0.25, 0.3) is 11.8 Å². The molecule has 9 heteroatoms. The number of nitrogens with one attached hydrogen (secondary N) is 3. The Balaban J connectivity index is 0.00000259. The number of rotatable bonds is 6. The van der Waals surface area contributed by atoms with Gasteiger partial charge in [0.15, 0.2) is 5.82 Å². The molecule has 1 saturated heterocycles. The number of carbonyl (C=O) groups is 1. The van der Waals surface area contributed by atoms with Gasteiger partial charge < -0.3 is 26.1 Å². The molecule has 1 unspecified atom stereocenters. The number of carbonyl (C=O) groups excluding carboxylic acids is 1. The van der Waals surface area contributed by atoms with Crippen molar-refractivity contribution >= 4 is 35.0 Å². The van der Waals surface area contributed by atoms with Crippen LogP contribution >= 0.6 is 12.4 Å². The number of hydrogen-bond acceptors (Lipinski definition) is 6. The van der Waals surface area contributed by atoms with Gasteiger partial charge in [-0.2, -0.15) is 0 Å². The van der Waals surface area contributed by atoms with Crippen LogP contribution in [0, 0.1) is 0 Å². The van der Waals surface area contributed by atoms with E-state index in [0.717, 1.165) is 35.9 Å². The minimum Gasteiger partial charge on any atom is -0.436 e. The molecular weight excluding hydrogens is 440 g/mol. The fourth-order valence-corrected chi connectivity index (χ4v) is 3.84. The highest BCUT2D eigenvalue weighted by molar-refractivity contribution is 5.94. The van der Waals surface area contributed by atoms with E-state index in [1.54, 1.807) is 18.3 Å². The first kappa shape index (κ1) is 22.6. The molecule has 3 heterocycles. The molecule has 0 bridgehead atoms. The molecule has 2 aromatic heterocycles. The summed E-state index contributed by atoms with van der Waals surface area (Å²) >= 11 is 0. The number of benzene rings is 2. The number of ether oxygens (including phenoxy) is 1. The largest absolute Gasteiger partial charge is 0.436 e. The van der Waals surface area contributed by atoms with Crippen molar-refractivity contribution in [2.45, 2.75) is 18.9 Å². The summed E-state index contributed by atoms with van der Waals surface area (Å²) < 4.78 is 5.90. The van der Waals surface area contributed by atoms with E-state index in [0.29, 0.717) is 29.6 Å². The zero-order valence-corrected chi connectivity index (χ0v) is 18.7. The average Bonchev–Trinajstić information content (AvgIpc) is 3.51. The molecule has 0 saturated carbocycles. The number of H-pyrrole nitrogens is 1. The maximum atomic E-state index is 12.4. The fourth-order valence-electron chi connectivity index (χ4n) is 3.84. The third-order valence-corrected chi connectivity index (χ3v) is 5.62. The van der Waals surface area contributed by atoms with Crippen LogP contribution in [0.25, 0.3) is 22.2 Å². The van der Waals surface area contributed by atoms with E-state index < -0.39 is 0 Å². The number of hydrogen-bond donors (Lipinski definition) is 4. The minimum atomic E-state index is -0.0858. The zero-order valence-electron chi connectivity index (χ0n) is 17.9. The summed E-state index contributed by atoms with van der Waals surface area (Å²) in [6.45, 7) is 1.66. The summed E-state index contributed by atoms with van der Waals surface area (Å²) in [5.74, 6) is 0.968. The van der Waals surface area contributed by atoms with Gasteiger partial charge in [-0.3, -0.25) is 4.79 Å². The van der Waals surface area contributed by atoms with Gasteiger partial charge >= 0.3 is 0 Å². The smallest absolute Gasteiger partial charge is 0.263 e. The minimum absolute atomic E-state index is 0. The highest BCUT2D eigenvalue weighted by Gasteiger charge is 2.16. The van der Waals surface area contributed by atoms with Gasteiger partial charge in [-0.1, -0.05) is 12.1 Å². The molecule has 170 valence electrons. The Bertz CT molecular complexity index is 1250. The first-order chi connectivity index (χ1) is 15.7. The number of aromatic amines is 1. The molecule has 0 spiro atoms. The second-order valence-electron chi connectivity index (χ2n) is 7.86. The number of nitrogens with zero attached hydrogens (tertiary/aromatic N) is 2. The van der Waals surface area contributed by atoms with Crippen LogP contribution in [0.15, 0.2) is 60.9 Å². The monoisotopic (exact) mass is 464 g/mol. The van der Waals surface area contributed by atoms with Gasteiger partial charge in [-0.25, -0.2) is 9.97 Å². The lowest BCUT2D eigenvalue weighted by atomic mass is 10.1. The Labute approximate surface area is 197 Å². The standard InChI is InChI=1S/C24H24N6O2.ClH/c25-22-24(32-19-8-7-16-9-11-27-20(16)12-19)30-21(14-28-22)15-3-5-17(6-4-15)23(31)29-13-18-2-1-10-26-18;/h3-9,11-12,14,18,26-27H,1-2,10,13H2,(H2,25,28)(H,29,31);1H. The molecule has 5 rings (SSSR count). The molecule has 33 heavy (non-hydrogen) atoms. The molecule has 1 amide bonds. The molecule has 4 aromatic rings. The fraction of sp³-hybridized carbons (Fsp3) is 0.208. The van der Waals surface area contributed by atoms with Crippen molar-refractivity contribution in [3.8, 4) is 22.9 Å². The van der Waals surface area contributed by atoms with Crippen LogP contribution in [0.1, 0.15) is 23.2 Å². The lowest BCUT2D eigenvalue weighted by molar-refractivity contribution is 0.0950. The maximum Gasteiger partial charge on any atom is 0.263 e. The molecule has 1 atom stereocenters. The topological polar surface area (TPSA) is 118 Å². The Hall–Kier alpha value is -3.62. The highest BCUT2D eigenvalue weighted by Crippen LogP contribution is 2.29. The second-order valence-corrected chi connectivity index (χ2v) is 7.86. The molecule has 1 fully saturated rings. The lowest BCUT2D eigenvalue weighted by Gasteiger charge is -2.12. The lowest BCUT2D eigenvalue weighted by Crippen LogP contribution is -2.37. The normalized spacial score (nSPS) is 15.2. The van der Waals surface area contributed by atoms with Crippen molar-refractivity contribution in [1.82, 2.24) is 25.6 Å². The highest BCUT2D eigenvalue weighted by atomic mass is 35.5. The molecule has 1 aliphatic heterocycles. The van der Waals surface area contributed by atoms with Crippen LogP contribution in [-0.2, 0) is 0 Å². The summed E-state index contributed by atoms with van der Waals surface area (Å²) in [6, 6.07) is 15.3. The molecule has 1 aliphatic rings. The summed E-state index contributed by atoms with van der Waals surface area (Å²) in [5, 5.41) is 7.45. The van der Waals surface area contributed by atoms with Crippen molar-refractivity contribution < 1.29 is 9.53 Å². The summed E-state index contributed by atoms with van der Waals surface area (Å²) in [6.07, 6.45) is 5.72. The first-order valence-electron chi connectivity index (χ1n) is 10.7. The van der Waals surface area contributed by atoms with E-state index in [1.165, 1.54) is 0 Å². The van der Waals surface area contributed by atoms with E-state index in [9.17, 15) is 4.79 Å². The van der Waals surface area contributed by atoms with Crippen LogP contribution in [0.5, 0.6) is 11.6 Å². The predicted octanol–water partition coefficient (Wildman–Crippen LogP) is 3.90. The zero-order chi connectivity index (χ0) is 21.9. The summed E-state index contributed by atoms with van der Waals surface area (Å²) in [5.41, 5.74) is 8.98. The van der Waals surface area contributed by atoms with Gasteiger partial charge in [0.05, 0.1) is 11.9 Å². The molecule has 8 nitrogen and oxygen atoms in total. The van der Waals surface area contributed by atoms with E-state index in [2.05, 4.69) is 25.6 Å². The summed E-state index contributed by atoms with van der Waals surface area (Å²) in [7, 11) is 0. The van der Waals surface area contributed by atoms with Crippen LogP contribution < -0.4 is 21.1 Å². The Morgan fingerprint density at radius 1 is 1.18 bits per heavy atom. The second kappa shape index (κ2) is 9.89. The SMILES string of the molecule is Cl.Nc1ncc(-c2ccc(C(=O)NCC3CCCN3)cc2)nc1Oc1ccc2cc[nH]c2c1. The van der Waals surface area contributed by atoms with Crippen molar-refractivity contribution in [3.63, 3.8) is 0 Å². The van der Waals surface area contributed by atoms with Gasteiger partial charge in [0.2, 0.25) is 0 Å². The van der Waals surface area contributed by atoms with Gasteiger partial charge in [0.1, 0.15) is 5.75 Å². The number of aromatic nitrogens is 3. The van der Waals surface area contributed by atoms with Gasteiger partial charge in [-0.05, 0) is 55.1 Å². The Kier molecular flexibility index (Phi) is 6.76. The van der Waals surface area contributed by atoms with Crippen molar-refractivity contribution in [2.75, 3.05) is 18.8 Å². The molecular formula is C24H25ClN6O2. The third-order valence-electron chi connectivity index (χ3n) is 5.62. The number of nitrogens with two attached hydrogens (primary N) is 1. The van der Waals surface area contributed by atoms with E-state index in [1.807, 2.05) is 42.6 Å². The number of halogens is 1. The van der Waals surface area contributed by atoms with Crippen molar-refractivity contribution in [2.24, 2.45) is 0 Å². The molecule has 5 N–H and O–H groups in total. The third kappa shape index (κ3) is 5.08. The molecule has 2 aromatic carbocycles. The number of fused-ring (bicyclic) bond motifs is 1. The molecule has 0 radical (unpaired) electrons. The van der Waals surface area contributed by atoms with Crippen molar-refractivity contribution in [3.05, 3.63) is 66.5 Å². The van der Waals surface area contributed by atoms with Crippen LogP contribution in [0.3, 0.4) is 0 Å². The number of anilines is 1. The summed E-state index contributed by atoms with van der Waals surface area (Å²) in [4.78, 5) is 24.3. The van der Waals surface area contributed by atoms with E-state index in [-0.39, 0.29) is 30.0 Å². The molecule has 0 aliphatic carbocycles. The van der Waals surface area contributed by atoms with E-state index in [4.69, 9.17) is 10.5 Å². The maximum absolute atomic E-state index is 12.4. The Morgan fingerprint density at radius 3 is 2.82 bits per heavy atom.